The van der Waals surface area contributed by atoms with Crippen molar-refractivity contribution in [3.05, 3.63) is 23.8 Å². The molecule has 5 heteroatoms. The first-order valence-electron chi connectivity index (χ1n) is 4.99. The highest BCUT2D eigenvalue weighted by atomic mass is 16.7. The van der Waals surface area contributed by atoms with E-state index in [1.54, 1.807) is 19.2 Å². The Morgan fingerprint density at radius 3 is 3.00 bits per heavy atom. The van der Waals surface area contributed by atoms with Crippen LogP contribution in [0.1, 0.15) is 11.9 Å². The van der Waals surface area contributed by atoms with Crippen LogP contribution in [0.15, 0.2) is 18.2 Å². The fourth-order valence-corrected chi connectivity index (χ4v) is 1.62. The van der Waals surface area contributed by atoms with Crippen LogP contribution in [-0.4, -0.2) is 36.6 Å². The fraction of sp³-hybridized carbons (Fsp3) is 0.455. The van der Waals surface area contributed by atoms with Crippen LogP contribution in [0.25, 0.3) is 0 Å². The van der Waals surface area contributed by atoms with Gasteiger partial charge in [-0.1, -0.05) is 6.07 Å². The van der Waals surface area contributed by atoms with Crippen molar-refractivity contribution in [2.75, 3.05) is 20.3 Å². The van der Waals surface area contributed by atoms with E-state index in [-0.39, 0.29) is 17.6 Å². The highest BCUT2D eigenvalue weighted by Gasteiger charge is 2.29. The van der Waals surface area contributed by atoms with Crippen LogP contribution < -0.4 is 0 Å². The third-order valence-corrected chi connectivity index (χ3v) is 2.40. The zero-order valence-corrected chi connectivity index (χ0v) is 8.92. The minimum atomic E-state index is -0.646. The average molecular weight is 226 g/mol. The topological polar surface area (TPSA) is 68.2 Å². The summed E-state index contributed by atoms with van der Waals surface area (Å²) in [5.74, 6) is -0.384. The Labute approximate surface area is 93.2 Å². The highest BCUT2D eigenvalue weighted by Crippen LogP contribution is 2.37. The standard InChI is InChI=1S/C11H14O5/c1-14-5-7-6-15-11(16-7)8-3-2-4-9(12)10(8)13/h2-4,7,11-13H,5-6H2,1H3. The first-order valence-corrected chi connectivity index (χ1v) is 4.99. The van der Waals surface area contributed by atoms with Crippen molar-refractivity contribution < 1.29 is 24.4 Å². The Hall–Kier alpha value is -1.30. The van der Waals surface area contributed by atoms with E-state index in [2.05, 4.69) is 0 Å². The van der Waals surface area contributed by atoms with Crippen molar-refractivity contribution in [1.82, 2.24) is 0 Å². The van der Waals surface area contributed by atoms with Crippen LogP contribution in [0.3, 0.4) is 0 Å². The summed E-state index contributed by atoms with van der Waals surface area (Å²) in [5, 5.41) is 19.0. The fourth-order valence-electron chi connectivity index (χ4n) is 1.62. The Bertz CT molecular complexity index is 365. The number of benzene rings is 1. The van der Waals surface area contributed by atoms with E-state index >= 15 is 0 Å². The smallest absolute Gasteiger partial charge is 0.188 e. The van der Waals surface area contributed by atoms with E-state index < -0.39 is 6.29 Å². The van der Waals surface area contributed by atoms with Crippen LogP contribution >= 0.6 is 0 Å². The maximum Gasteiger partial charge on any atom is 0.188 e. The van der Waals surface area contributed by atoms with E-state index in [9.17, 15) is 10.2 Å². The highest BCUT2D eigenvalue weighted by molar-refractivity contribution is 5.45. The predicted octanol–water partition coefficient (Wildman–Crippen LogP) is 1.16. The zero-order valence-electron chi connectivity index (χ0n) is 8.92. The van der Waals surface area contributed by atoms with Crippen molar-refractivity contribution in [3.63, 3.8) is 0 Å². The molecule has 2 N–H and O–H groups in total. The third-order valence-electron chi connectivity index (χ3n) is 2.40. The molecule has 0 radical (unpaired) electrons. The Morgan fingerprint density at radius 1 is 1.44 bits per heavy atom. The molecule has 0 bridgehead atoms. The van der Waals surface area contributed by atoms with Gasteiger partial charge in [-0.25, -0.2) is 0 Å². The summed E-state index contributed by atoms with van der Waals surface area (Å²) in [6, 6.07) is 4.68. The Balaban J connectivity index is 2.11. The van der Waals surface area contributed by atoms with Gasteiger partial charge < -0.3 is 24.4 Å². The van der Waals surface area contributed by atoms with Gasteiger partial charge in [-0.2, -0.15) is 0 Å². The maximum absolute atomic E-state index is 9.63. The van der Waals surface area contributed by atoms with Gasteiger partial charge >= 0.3 is 0 Å². The zero-order chi connectivity index (χ0) is 11.5. The van der Waals surface area contributed by atoms with Crippen LogP contribution in [0.5, 0.6) is 11.5 Å². The van der Waals surface area contributed by atoms with Gasteiger partial charge in [-0.05, 0) is 12.1 Å². The van der Waals surface area contributed by atoms with Crippen molar-refractivity contribution in [2.45, 2.75) is 12.4 Å². The summed E-state index contributed by atoms with van der Waals surface area (Å²) < 4.78 is 15.8. The first kappa shape index (κ1) is 11.2. The van der Waals surface area contributed by atoms with E-state index in [1.165, 1.54) is 6.07 Å². The van der Waals surface area contributed by atoms with Gasteiger partial charge in [-0.3, -0.25) is 0 Å². The Morgan fingerprint density at radius 2 is 2.25 bits per heavy atom. The monoisotopic (exact) mass is 226 g/mol. The van der Waals surface area contributed by atoms with Crippen molar-refractivity contribution in [2.24, 2.45) is 0 Å². The second kappa shape index (κ2) is 4.69. The average Bonchev–Trinajstić information content (AvgIpc) is 2.71. The summed E-state index contributed by atoms with van der Waals surface area (Å²) in [4.78, 5) is 0. The number of phenols is 2. The second-order valence-corrected chi connectivity index (χ2v) is 3.59. The van der Waals surface area contributed by atoms with Crippen LogP contribution in [0, 0.1) is 0 Å². The molecule has 0 saturated carbocycles. The molecular weight excluding hydrogens is 212 g/mol. The largest absolute Gasteiger partial charge is 0.504 e. The first-order chi connectivity index (χ1) is 7.72. The molecule has 0 amide bonds. The molecule has 2 unspecified atom stereocenters. The van der Waals surface area contributed by atoms with Gasteiger partial charge in [0, 0.05) is 7.11 Å². The molecule has 1 aromatic carbocycles. The van der Waals surface area contributed by atoms with E-state index in [4.69, 9.17) is 14.2 Å². The number of phenolic OH excluding ortho intramolecular Hbond substituents is 2. The molecule has 2 atom stereocenters. The van der Waals surface area contributed by atoms with E-state index in [0.29, 0.717) is 18.8 Å². The number of methoxy groups -OCH3 is 1. The van der Waals surface area contributed by atoms with Gasteiger partial charge in [0.15, 0.2) is 17.8 Å². The van der Waals surface area contributed by atoms with Gasteiger partial charge in [0.2, 0.25) is 0 Å². The molecule has 1 aromatic rings. The van der Waals surface area contributed by atoms with Crippen molar-refractivity contribution in [3.8, 4) is 11.5 Å². The number of hydrogen-bond donors (Lipinski definition) is 2. The summed E-state index contributed by atoms with van der Waals surface area (Å²) in [7, 11) is 1.59. The molecule has 0 aliphatic carbocycles. The molecule has 1 heterocycles. The summed E-state index contributed by atoms with van der Waals surface area (Å²) in [6.45, 7) is 0.851. The third kappa shape index (κ3) is 2.11. The number of rotatable bonds is 3. The van der Waals surface area contributed by atoms with E-state index in [0.717, 1.165) is 0 Å². The lowest BCUT2D eigenvalue weighted by molar-refractivity contribution is -0.0716. The summed E-state index contributed by atoms with van der Waals surface area (Å²) >= 11 is 0. The van der Waals surface area contributed by atoms with Gasteiger partial charge in [0.05, 0.1) is 18.8 Å². The molecule has 1 aliphatic heterocycles. The SMILES string of the molecule is COCC1COC(c2cccc(O)c2O)O1. The lowest BCUT2D eigenvalue weighted by Gasteiger charge is -2.13. The summed E-state index contributed by atoms with van der Waals surface area (Å²) in [6.07, 6.45) is -0.788. The van der Waals surface area contributed by atoms with Crippen molar-refractivity contribution in [1.29, 1.82) is 0 Å². The minimum Gasteiger partial charge on any atom is -0.504 e. The molecule has 88 valence electrons. The second-order valence-electron chi connectivity index (χ2n) is 3.59. The maximum atomic E-state index is 9.63. The van der Waals surface area contributed by atoms with Gasteiger partial charge in [-0.15, -0.1) is 0 Å². The number of aromatic hydroxyl groups is 2. The Kier molecular flexibility index (Phi) is 3.28. The predicted molar refractivity (Wildman–Crippen MR) is 55.2 cm³/mol. The minimum absolute atomic E-state index is 0.142. The number of para-hydroxylation sites is 1. The van der Waals surface area contributed by atoms with E-state index in [1.807, 2.05) is 0 Å². The van der Waals surface area contributed by atoms with Gasteiger partial charge in [0.1, 0.15) is 6.10 Å². The lowest BCUT2D eigenvalue weighted by Crippen LogP contribution is -2.16. The lowest BCUT2D eigenvalue weighted by atomic mass is 10.2. The molecule has 2 rings (SSSR count). The molecule has 1 aliphatic rings. The molecule has 16 heavy (non-hydrogen) atoms. The number of ether oxygens (including phenoxy) is 3. The van der Waals surface area contributed by atoms with Gasteiger partial charge in [0.25, 0.3) is 0 Å². The normalized spacial score (nSPS) is 24.8. The van der Waals surface area contributed by atoms with Crippen LogP contribution in [-0.2, 0) is 14.2 Å². The molecule has 1 fully saturated rings. The molecule has 0 aromatic heterocycles. The van der Waals surface area contributed by atoms with Crippen LogP contribution in [0.4, 0.5) is 0 Å². The summed E-state index contributed by atoms with van der Waals surface area (Å²) in [5.41, 5.74) is 0.429. The number of hydrogen-bond acceptors (Lipinski definition) is 5. The van der Waals surface area contributed by atoms with Crippen molar-refractivity contribution >= 4 is 0 Å². The van der Waals surface area contributed by atoms with Crippen LogP contribution in [0.2, 0.25) is 0 Å². The molecular formula is C11H14O5. The molecule has 1 saturated heterocycles. The molecule has 5 nitrogen and oxygen atoms in total. The quantitative estimate of drug-likeness (QED) is 0.757. The molecule has 0 spiro atoms.